The Morgan fingerprint density at radius 2 is 2.12 bits per heavy atom. The number of hydrogen-bond donors (Lipinski definition) is 1. The van der Waals surface area contributed by atoms with Crippen LogP contribution in [0, 0.1) is 5.92 Å². The predicted molar refractivity (Wildman–Crippen MR) is 60.4 cm³/mol. The molecule has 0 aromatic heterocycles. The first-order chi connectivity index (χ1) is 8.08. The van der Waals surface area contributed by atoms with Gasteiger partial charge in [0.05, 0.1) is 13.2 Å². The van der Waals surface area contributed by atoms with Crippen LogP contribution in [0.25, 0.3) is 0 Å². The molecule has 1 amide bonds. The Hall–Kier alpha value is -1.36. The van der Waals surface area contributed by atoms with Crippen LogP contribution in [-0.4, -0.2) is 47.7 Å². The summed E-state index contributed by atoms with van der Waals surface area (Å²) in [5.74, 6) is -0.537. The summed E-state index contributed by atoms with van der Waals surface area (Å²) in [5, 5.41) is 8.84. The Balaban J connectivity index is 1.94. The fraction of sp³-hybridized carbons (Fsp3) is 0.667. The zero-order valence-electron chi connectivity index (χ0n) is 9.89. The van der Waals surface area contributed by atoms with Gasteiger partial charge < -0.3 is 14.7 Å². The topological polar surface area (TPSA) is 66.8 Å². The number of carbonyl (C=O) groups excluding carboxylic acids is 1. The van der Waals surface area contributed by atoms with Crippen LogP contribution in [0.2, 0.25) is 0 Å². The largest absolute Gasteiger partial charge is 0.479 e. The van der Waals surface area contributed by atoms with Crippen molar-refractivity contribution in [3.8, 4) is 0 Å². The van der Waals surface area contributed by atoms with E-state index in [1.54, 1.807) is 11.0 Å². The van der Waals surface area contributed by atoms with Gasteiger partial charge in [-0.2, -0.15) is 0 Å². The lowest BCUT2D eigenvalue weighted by molar-refractivity contribution is -0.158. The minimum atomic E-state index is -1.01. The smallest absolute Gasteiger partial charge is 0.334 e. The third-order valence-corrected chi connectivity index (χ3v) is 3.23. The zero-order chi connectivity index (χ0) is 12.4. The van der Waals surface area contributed by atoms with Crippen LogP contribution < -0.4 is 0 Å². The summed E-state index contributed by atoms with van der Waals surface area (Å²) < 4.78 is 5.07. The van der Waals surface area contributed by atoms with Crippen LogP contribution in [0.5, 0.6) is 0 Å². The Morgan fingerprint density at radius 3 is 2.71 bits per heavy atom. The molecule has 1 aliphatic carbocycles. The van der Waals surface area contributed by atoms with Crippen LogP contribution in [0.4, 0.5) is 0 Å². The lowest BCUT2D eigenvalue weighted by Gasteiger charge is -2.30. The summed E-state index contributed by atoms with van der Waals surface area (Å²) in [6, 6.07) is 0. The summed E-state index contributed by atoms with van der Waals surface area (Å²) in [6.07, 6.45) is 3.08. The lowest BCUT2D eigenvalue weighted by Crippen LogP contribution is -2.48. The van der Waals surface area contributed by atoms with Crippen molar-refractivity contribution in [1.29, 1.82) is 0 Å². The number of carbonyl (C=O) groups is 2. The van der Waals surface area contributed by atoms with Gasteiger partial charge in [-0.15, -0.1) is 0 Å². The third-order valence-electron chi connectivity index (χ3n) is 3.23. The molecule has 94 valence electrons. The monoisotopic (exact) mass is 239 g/mol. The van der Waals surface area contributed by atoms with Crippen molar-refractivity contribution < 1.29 is 19.4 Å². The van der Waals surface area contributed by atoms with Gasteiger partial charge in [0.15, 0.2) is 6.10 Å². The highest BCUT2D eigenvalue weighted by molar-refractivity contribution is 5.89. The molecule has 1 saturated carbocycles. The standard InChI is InChI=1S/C12H17NO4/c1-8(9-2-3-9)6-11(14)13-4-5-17-10(7-13)12(15)16/h6,9-10H,2-5,7H2,1H3,(H,15,16). The summed E-state index contributed by atoms with van der Waals surface area (Å²) in [5.41, 5.74) is 1.10. The summed E-state index contributed by atoms with van der Waals surface area (Å²) in [4.78, 5) is 24.2. The maximum atomic E-state index is 11.9. The molecule has 2 aliphatic rings. The van der Waals surface area contributed by atoms with Gasteiger partial charge >= 0.3 is 5.97 Å². The Morgan fingerprint density at radius 1 is 1.41 bits per heavy atom. The number of allylic oxidation sites excluding steroid dienone is 1. The number of ether oxygens (including phenoxy) is 1. The highest BCUT2D eigenvalue weighted by atomic mass is 16.5. The highest BCUT2D eigenvalue weighted by Crippen LogP contribution is 2.35. The average Bonchev–Trinajstić information content (AvgIpc) is 3.12. The van der Waals surface area contributed by atoms with E-state index in [1.807, 2.05) is 6.92 Å². The summed E-state index contributed by atoms with van der Waals surface area (Å²) >= 11 is 0. The minimum Gasteiger partial charge on any atom is -0.479 e. The zero-order valence-corrected chi connectivity index (χ0v) is 9.89. The van der Waals surface area contributed by atoms with E-state index in [4.69, 9.17) is 9.84 Å². The van der Waals surface area contributed by atoms with Crippen molar-refractivity contribution in [2.24, 2.45) is 5.92 Å². The number of carboxylic acids is 1. The SMILES string of the molecule is CC(=CC(=O)N1CCOC(C(=O)O)C1)C1CC1. The van der Waals surface area contributed by atoms with E-state index >= 15 is 0 Å². The number of nitrogens with zero attached hydrogens (tertiary/aromatic N) is 1. The molecule has 2 rings (SSSR count). The number of hydrogen-bond acceptors (Lipinski definition) is 3. The molecule has 1 N–H and O–H groups in total. The van der Waals surface area contributed by atoms with Crippen molar-refractivity contribution in [2.75, 3.05) is 19.7 Å². The first-order valence-corrected chi connectivity index (χ1v) is 5.89. The van der Waals surface area contributed by atoms with Crippen LogP contribution in [0.1, 0.15) is 19.8 Å². The summed E-state index contributed by atoms with van der Waals surface area (Å²) in [6.45, 7) is 2.86. The van der Waals surface area contributed by atoms with Crippen LogP contribution >= 0.6 is 0 Å². The van der Waals surface area contributed by atoms with E-state index in [9.17, 15) is 9.59 Å². The molecule has 5 heteroatoms. The molecule has 17 heavy (non-hydrogen) atoms. The average molecular weight is 239 g/mol. The second kappa shape index (κ2) is 4.87. The van der Waals surface area contributed by atoms with E-state index in [-0.39, 0.29) is 12.5 Å². The van der Waals surface area contributed by atoms with E-state index < -0.39 is 12.1 Å². The van der Waals surface area contributed by atoms with Gasteiger partial charge in [0.2, 0.25) is 5.91 Å². The lowest BCUT2D eigenvalue weighted by atomic mass is 10.1. The molecular weight excluding hydrogens is 222 g/mol. The van der Waals surface area contributed by atoms with Crippen molar-refractivity contribution in [3.63, 3.8) is 0 Å². The maximum absolute atomic E-state index is 11.9. The van der Waals surface area contributed by atoms with Gasteiger partial charge in [-0.05, 0) is 25.7 Å². The van der Waals surface area contributed by atoms with Crippen molar-refractivity contribution in [2.45, 2.75) is 25.9 Å². The first-order valence-electron chi connectivity index (χ1n) is 5.89. The number of carboxylic acid groups (broad SMARTS) is 1. The normalized spacial score (nSPS) is 25.8. The Kier molecular flexibility index (Phi) is 3.47. The Labute approximate surface area is 100 Å². The van der Waals surface area contributed by atoms with Gasteiger partial charge in [-0.25, -0.2) is 4.79 Å². The second-order valence-electron chi connectivity index (χ2n) is 4.64. The molecule has 1 unspecified atom stereocenters. The molecule has 0 aromatic rings. The predicted octanol–water partition coefficient (Wildman–Crippen LogP) is 0.655. The highest BCUT2D eigenvalue weighted by Gasteiger charge is 2.29. The number of morpholine rings is 1. The minimum absolute atomic E-state index is 0.0936. The first kappa shape index (κ1) is 12.1. The molecule has 0 bridgehead atoms. The number of aliphatic carboxylic acids is 1. The van der Waals surface area contributed by atoms with Crippen molar-refractivity contribution in [1.82, 2.24) is 4.90 Å². The number of rotatable bonds is 3. The van der Waals surface area contributed by atoms with E-state index in [2.05, 4.69) is 0 Å². The maximum Gasteiger partial charge on any atom is 0.334 e. The fourth-order valence-electron chi connectivity index (χ4n) is 1.94. The van der Waals surface area contributed by atoms with Gasteiger partial charge in [0, 0.05) is 12.6 Å². The molecule has 2 fully saturated rings. The van der Waals surface area contributed by atoms with Crippen LogP contribution in [0.3, 0.4) is 0 Å². The van der Waals surface area contributed by atoms with Crippen LogP contribution in [-0.2, 0) is 14.3 Å². The van der Waals surface area contributed by atoms with Crippen molar-refractivity contribution in [3.05, 3.63) is 11.6 Å². The fourth-order valence-corrected chi connectivity index (χ4v) is 1.94. The van der Waals surface area contributed by atoms with E-state index in [1.165, 1.54) is 0 Å². The molecule has 1 saturated heterocycles. The molecule has 1 atom stereocenters. The molecule has 0 spiro atoms. The molecule has 0 radical (unpaired) electrons. The Bertz CT molecular complexity index is 360. The number of amides is 1. The van der Waals surface area contributed by atoms with Crippen LogP contribution in [0.15, 0.2) is 11.6 Å². The van der Waals surface area contributed by atoms with E-state index in [0.29, 0.717) is 19.1 Å². The molecule has 5 nitrogen and oxygen atoms in total. The van der Waals surface area contributed by atoms with Gasteiger partial charge in [0.1, 0.15) is 0 Å². The second-order valence-corrected chi connectivity index (χ2v) is 4.64. The van der Waals surface area contributed by atoms with Gasteiger partial charge in [-0.1, -0.05) is 5.57 Å². The third kappa shape index (κ3) is 3.06. The quantitative estimate of drug-likeness (QED) is 0.734. The van der Waals surface area contributed by atoms with Crippen molar-refractivity contribution >= 4 is 11.9 Å². The summed E-state index contributed by atoms with van der Waals surface area (Å²) in [7, 11) is 0. The van der Waals surface area contributed by atoms with Gasteiger partial charge in [-0.3, -0.25) is 4.79 Å². The van der Waals surface area contributed by atoms with Gasteiger partial charge in [0.25, 0.3) is 0 Å². The molecular formula is C12H17NO4. The molecule has 1 aliphatic heterocycles. The molecule has 1 heterocycles. The molecule has 0 aromatic carbocycles. The van der Waals surface area contributed by atoms with E-state index in [0.717, 1.165) is 18.4 Å².